The van der Waals surface area contributed by atoms with Crippen molar-refractivity contribution in [3.8, 4) is 11.5 Å². The van der Waals surface area contributed by atoms with Crippen molar-refractivity contribution in [2.45, 2.75) is 13.0 Å². The van der Waals surface area contributed by atoms with Crippen molar-refractivity contribution in [3.05, 3.63) is 48.3 Å². The van der Waals surface area contributed by atoms with Crippen LogP contribution in [0.15, 0.2) is 42.7 Å². The zero-order valence-electron chi connectivity index (χ0n) is 13.5. The van der Waals surface area contributed by atoms with Crippen LogP contribution in [-0.4, -0.2) is 30.1 Å². The minimum Gasteiger partial charge on any atom is -0.454 e. The van der Waals surface area contributed by atoms with Gasteiger partial charge in [-0.2, -0.15) is 0 Å². The highest BCUT2D eigenvalue weighted by molar-refractivity contribution is 6.00. The van der Waals surface area contributed by atoms with Crippen LogP contribution in [0.5, 0.6) is 11.5 Å². The Hall–Kier alpha value is -3.09. The van der Waals surface area contributed by atoms with Gasteiger partial charge >= 0.3 is 0 Å². The minimum atomic E-state index is -0.360. The Bertz CT molecular complexity index is 809. The maximum Gasteiger partial charge on any atom is 0.231 e. The van der Waals surface area contributed by atoms with Crippen LogP contribution in [0, 0.1) is 5.92 Å². The van der Waals surface area contributed by atoms with Gasteiger partial charge in [-0.3, -0.25) is 14.6 Å². The van der Waals surface area contributed by atoms with Gasteiger partial charge in [0, 0.05) is 25.7 Å². The van der Waals surface area contributed by atoms with Gasteiger partial charge in [0.1, 0.15) is 0 Å². The van der Waals surface area contributed by atoms with Gasteiger partial charge < -0.3 is 19.7 Å². The van der Waals surface area contributed by atoms with Gasteiger partial charge in [0.2, 0.25) is 18.6 Å². The Labute approximate surface area is 144 Å². The third-order valence-corrected chi connectivity index (χ3v) is 4.36. The molecule has 4 rings (SSSR count). The Balaban J connectivity index is 1.36. The van der Waals surface area contributed by atoms with E-state index in [0.717, 1.165) is 11.3 Å². The van der Waals surface area contributed by atoms with Crippen molar-refractivity contribution in [2.75, 3.05) is 18.2 Å². The van der Waals surface area contributed by atoms with Crippen molar-refractivity contribution in [3.63, 3.8) is 0 Å². The predicted molar refractivity (Wildman–Crippen MR) is 89.1 cm³/mol. The first-order valence-corrected chi connectivity index (χ1v) is 8.07. The molecular formula is C18H17N3O4. The van der Waals surface area contributed by atoms with E-state index in [1.54, 1.807) is 23.4 Å². The summed E-state index contributed by atoms with van der Waals surface area (Å²) in [4.78, 5) is 30.2. The smallest absolute Gasteiger partial charge is 0.231 e. The first kappa shape index (κ1) is 15.4. The van der Waals surface area contributed by atoms with Gasteiger partial charge in [-0.1, -0.05) is 6.07 Å². The maximum absolute atomic E-state index is 12.4. The Morgan fingerprint density at radius 3 is 3.00 bits per heavy atom. The van der Waals surface area contributed by atoms with Crippen LogP contribution in [0.2, 0.25) is 0 Å². The molecule has 1 N–H and O–H groups in total. The number of pyridine rings is 1. The minimum absolute atomic E-state index is 0.0590. The molecule has 1 aromatic carbocycles. The fourth-order valence-corrected chi connectivity index (χ4v) is 3.03. The van der Waals surface area contributed by atoms with Gasteiger partial charge in [0.25, 0.3) is 0 Å². The van der Waals surface area contributed by atoms with Crippen molar-refractivity contribution in [2.24, 2.45) is 5.92 Å². The highest BCUT2D eigenvalue weighted by Crippen LogP contribution is 2.32. The number of aromatic nitrogens is 1. The Kier molecular flexibility index (Phi) is 3.97. The molecule has 1 atom stereocenters. The number of fused-ring (bicyclic) bond motifs is 1. The molecule has 3 heterocycles. The quantitative estimate of drug-likeness (QED) is 0.912. The summed E-state index contributed by atoms with van der Waals surface area (Å²) in [5, 5.41) is 2.89. The number of carbonyl (C=O) groups excluding carboxylic acids is 2. The molecule has 2 aliphatic rings. The summed E-state index contributed by atoms with van der Waals surface area (Å²) in [6.07, 6.45) is 3.49. The molecule has 0 bridgehead atoms. The van der Waals surface area contributed by atoms with E-state index in [0.29, 0.717) is 24.6 Å². The number of nitrogens with one attached hydrogen (secondary N) is 1. The van der Waals surface area contributed by atoms with Gasteiger partial charge in [-0.15, -0.1) is 0 Å². The highest BCUT2D eigenvalue weighted by Gasteiger charge is 2.35. The maximum atomic E-state index is 12.4. The average molecular weight is 339 g/mol. The van der Waals surface area contributed by atoms with Gasteiger partial charge in [0.05, 0.1) is 17.8 Å². The number of anilines is 1. The number of rotatable bonds is 4. The molecule has 7 nitrogen and oxygen atoms in total. The first-order valence-electron chi connectivity index (χ1n) is 8.07. The van der Waals surface area contributed by atoms with Crippen molar-refractivity contribution in [1.82, 2.24) is 10.3 Å². The molecule has 1 saturated heterocycles. The topological polar surface area (TPSA) is 80.8 Å². The summed E-state index contributed by atoms with van der Waals surface area (Å²) in [5.41, 5.74) is 1.64. The molecular weight excluding hydrogens is 322 g/mol. The Morgan fingerprint density at radius 1 is 1.28 bits per heavy atom. The van der Waals surface area contributed by atoms with Crippen LogP contribution >= 0.6 is 0 Å². The van der Waals surface area contributed by atoms with Gasteiger partial charge in [0.15, 0.2) is 11.5 Å². The van der Waals surface area contributed by atoms with E-state index in [2.05, 4.69) is 10.3 Å². The first-order chi connectivity index (χ1) is 12.2. The zero-order chi connectivity index (χ0) is 17.2. The van der Waals surface area contributed by atoms with E-state index in [1.165, 1.54) is 0 Å². The number of nitrogens with zero attached hydrogens (tertiary/aromatic N) is 2. The number of carbonyl (C=O) groups is 2. The molecule has 1 fully saturated rings. The Morgan fingerprint density at radius 2 is 2.16 bits per heavy atom. The number of hydrogen-bond acceptors (Lipinski definition) is 5. The molecule has 128 valence electrons. The molecule has 2 aromatic rings. The van der Waals surface area contributed by atoms with Gasteiger partial charge in [-0.25, -0.2) is 0 Å². The lowest BCUT2D eigenvalue weighted by molar-refractivity contribution is -0.126. The van der Waals surface area contributed by atoms with E-state index in [1.807, 2.05) is 24.3 Å². The second kappa shape index (κ2) is 6.43. The molecule has 2 amide bonds. The highest BCUT2D eigenvalue weighted by atomic mass is 16.7. The standard InChI is InChI=1S/C18H17N3O4/c22-17-7-13(10-21(17)14-2-1-5-19-9-14)18(23)20-8-12-3-4-15-16(6-12)25-11-24-15/h1-6,9,13H,7-8,10-11H2,(H,20,23). The van der Waals surface area contributed by atoms with Crippen LogP contribution in [0.3, 0.4) is 0 Å². The average Bonchev–Trinajstić information content (AvgIpc) is 3.26. The summed E-state index contributed by atoms with van der Waals surface area (Å²) >= 11 is 0. The normalized spacial score (nSPS) is 18.5. The zero-order valence-corrected chi connectivity index (χ0v) is 13.5. The summed E-state index contributed by atoms with van der Waals surface area (Å²) in [6.45, 7) is 0.976. The van der Waals surface area contributed by atoms with E-state index in [-0.39, 0.29) is 30.9 Å². The molecule has 0 aliphatic carbocycles. The number of amides is 2. The fourth-order valence-electron chi connectivity index (χ4n) is 3.03. The molecule has 2 aliphatic heterocycles. The molecule has 1 unspecified atom stereocenters. The van der Waals surface area contributed by atoms with Crippen LogP contribution in [0.25, 0.3) is 0 Å². The summed E-state index contributed by atoms with van der Waals surface area (Å²) in [5.74, 6) is 0.851. The number of hydrogen-bond donors (Lipinski definition) is 1. The monoisotopic (exact) mass is 339 g/mol. The van der Waals surface area contributed by atoms with Crippen molar-refractivity contribution >= 4 is 17.5 Å². The van der Waals surface area contributed by atoms with Crippen molar-refractivity contribution < 1.29 is 19.1 Å². The van der Waals surface area contributed by atoms with Crippen molar-refractivity contribution in [1.29, 1.82) is 0 Å². The van der Waals surface area contributed by atoms with Crippen LogP contribution in [0.4, 0.5) is 5.69 Å². The molecule has 0 saturated carbocycles. The van der Waals surface area contributed by atoms with E-state index in [4.69, 9.17) is 9.47 Å². The van der Waals surface area contributed by atoms with Gasteiger partial charge in [-0.05, 0) is 29.8 Å². The third-order valence-electron chi connectivity index (χ3n) is 4.36. The third kappa shape index (κ3) is 3.13. The lowest BCUT2D eigenvalue weighted by atomic mass is 10.1. The van der Waals surface area contributed by atoms with Crippen LogP contribution < -0.4 is 19.7 Å². The lowest BCUT2D eigenvalue weighted by Crippen LogP contribution is -2.32. The predicted octanol–water partition coefficient (Wildman–Crippen LogP) is 1.48. The SMILES string of the molecule is O=C(NCc1ccc2c(c1)OCO2)C1CC(=O)N(c2cccnc2)C1. The fraction of sp³-hybridized carbons (Fsp3) is 0.278. The summed E-state index contributed by atoms with van der Waals surface area (Å²) in [7, 11) is 0. The summed E-state index contributed by atoms with van der Waals surface area (Å²) < 4.78 is 10.6. The van der Waals surface area contributed by atoms with E-state index in [9.17, 15) is 9.59 Å². The lowest BCUT2D eigenvalue weighted by Gasteiger charge is -2.16. The molecule has 1 aromatic heterocycles. The number of ether oxygens (including phenoxy) is 2. The molecule has 0 spiro atoms. The van der Waals surface area contributed by atoms with Crippen LogP contribution in [0.1, 0.15) is 12.0 Å². The second-order valence-electron chi connectivity index (χ2n) is 6.02. The summed E-state index contributed by atoms with van der Waals surface area (Å²) in [6, 6.07) is 9.15. The molecule has 7 heteroatoms. The largest absolute Gasteiger partial charge is 0.454 e. The number of benzene rings is 1. The molecule has 25 heavy (non-hydrogen) atoms. The van der Waals surface area contributed by atoms with E-state index < -0.39 is 0 Å². The second-order valence-corrected chi connectivity index (χ2v) is 6.02. The van der Waals surface area contributed by atoms with E-state index >= 15 is 0 Å². The molecule has 0 radical (unpaired) electrons. The van der Waals surface area contributed by atoms with Crippen LogP contribution in [-0.2, 0) is 16.1 Å².